The van der Waals surface area contributed by atoms with Crippen LogP contribution in [0.4, 0.5) is 0 Å². The van der Waals surface area contributed by atoms with E-state index < -0.39 is 0 Å². The van der Waals surface area contributed by atoms with Gasteiger partial charge in [0.1, 0.15) is 0 Å². The van der Waals surface area contributed by atoms with Crippen molar-refractivity contribution < 1.29 is 4.74 Å². The van der Waals surface area contributed by atoms with E-state index in [1.54, 1.807) is 0 Å². The lowest BCUT2D eigenvalue weighted by Gasteiger charge is -2.40. The minimum Gasteiger partial charge on any atom is -0.380 e. The fourth-order valence-corrected chi connectivity index (χ4v) is 3.34. The summed E-state index contributed by atoms with van der Waals surface area (Å²) in [5.41, 5.74) is 0. The molecule has 3 saturated heterocycles. The summed E-state index contributed by atoms with van der Waals surface area (Å²) in [5, 5.41) is 3.54. The molecule has 0 bridgehead atoms. The van der Waals surface area contributed by atoms with Gasteiger partial charge in [0.2, 0.25) is 0 Å². The molecule has 3 heteroatoms. The van der Waals surface area contributed by atoms with E-state index in [0.29, 0.717) is 0 Å². The minimum absolute atomic E-state index is 0.725. The molecule has 3 rings (SSSR count). The Balaban J connectivity index is 1.70. The molecule has 3 atom stereocenters. The fourth-order valence-electron chi connectivity index (χ4n) is 3.34. The van der Waals surface area contributed by atoms with Gasteiger partial charge in [-0.2, -0.15) is 0 Å². The van der Waals surface area contributed by atoms with Crippen molar-refractivity contribution >= 4 is 0 Å². The van der Waals surface area contributed by atoms with Crippen LogP contribution in [0, 0.1) is 5.92 Å². The van der Waals surface area contributed by atoms with Gasteiger partial charge in [-0.05, 0) is 38.3 Å². The average molecular weight is 196 g/mol. The molecule has 1 N–H and O–H groups in total. The summed E-state index contributed by atoms with van der Waals surface area (Å²) in [6.07, 6.45) is 4.07. The molecule has 0 radical (unpaired) electrons. The molecule has 0 amide bonds. The summed E-state index contributed by atoms with van der Waals surface area (Å²) in [6, 6.07) is 1.54. The first-order valence-electron chi connectivity index (χ1n) is 5.99. The average Bonchev–Trinajstić information content (AvgIpc) is 2.88. The predicted octanol–water partition coefficient (Wildman–Crippen LogP) is 0.459. The monoisotopic (exact) mass is 196 g/mol. The molecule has 0 saturated carbocycles. The number of nitrogens with one attached hydrogen (secondary N) is 1. The second kappa shape index (κ2) is 3.80. The van der Waals surface area contributed by atoms with Crippen molar-refractivity contribution in [1.82, 2.24) is 10.2 Å². The number of ether oxygens (including phenoxy) is 1. The molecule has 0 aliphatic carbocycles. The van der Waals surface area contributed by atoms with Crippen LogP contribution >= 0.6 is 0 Å². The van der Waals surface area contributed by atoms with Crippen LogP contribution in [0.3, 0.4) is 0 Å². The van der Waals surface area contributed by atoms with Crippen molar-refractivity contribution in [3.05, 3.63) is 0 Å². The van der Waals surface area contributed by atoms with Gasteiger partial charge in [-0.1, -0.05) is 0 Å². The number of fused-ring (bicyclic) bond motifs is 1. The molecule has 3 aliphatic rings. The fraction of sp³-hybridized carbons (Fsp3) is 1.00. The molecule has 0 spiro atoms. The highest BCUT2D eigenvalue weighted by molar-refractivity contribution is 4.95. The summed E-state index contributed by atoms with van der Waals surface area (Å²) in [4.78, 5) is 2.72. The van der Waals surface area contributed by atoms with Crippen LogP contribution < -0.4 is 5.32 Å². The highest BCUT2D eigenvalue weighted by Crippen LogP contribution is 2.29. The number of likely N-dealkylation sites (tertiary alicyclic amines) is 1. The Morgan fingerprint density at radius 1 is 1.21 bits per heavy atom. The van der Waals surface area contributed by atoms with Gasteiger partial charge < -0.3 is 10.1 Å². The smallest absolute Gasteiger partial charge is 0.0622 e. The molecule has 0 aromatic rings. The van der Waals surface area contributed by atoms with Crippen molar-refractivity contribution in [2.45, 2.75) is 31.3 Å². The summed E-state index contributed by atoms with van der Waals surface area (Å²) in [6.45, 7) is 5.71. The molecule has 14 heavy (non-hydrogen) atoms. The first kappa shape index (κ1) is 9.13. The van der Waals surface area contributed by atoms with Crippen LogP contribution in [0.25, 0.3) is 0 Å². The third-order valence-electron chi connectivity index (χ3n) is 4.10. The maximum Gasteiger partial charge on any atom is 0.0622 e. The second-order valence-corrected chi connectivity index (χ2v) is 4.88. The number of nitrogens with zero attached hydrogens (tertiary/aromatic N) is 1. The van der Waals surface area contributed by atoms with Gasteiger partial charge in [0.25, 0.3) is 0 Å². The normalized spacial score (nSPS) is 44.1. The highest BCUT2D eigenvalue weighted by atomic mass is 16.5. The molecule has 0 aromatic carbocycles. The number of hydrogen-bond donors (Lipinski definition) is 1. The van der Waals surface area contributed by atoms with Gasteiger partial charge in [-0.3, -0.25) is 4.90 Å². The van der Waals surface area contributed by atoms with Crippen LogP contribution in [0.2, 0.25) is 0 Å². The second-order valence-electron chi connectivity index (χ2n) is 4.88. The maximum absolute atomic E-state index is 5.50. The Labute approximate surface area is 85.8 Å². The van der Waals surface area contributed by atoms with Gasteiger partial charge in [-0.15, -0.1) is 0 Å². The summed E-state index contributed by atoms with van der Waals surface area (Å²) < 4.78 is 5.50. The molecular weight excluding hydrogens is 176 g/mol. The van der Waals surface area contributed by atoms with Gasteiger partial charge in [-0.25, -0.2) is 0 Å². The van der Waals surface area contributed by atoms with E-state index in [1.807, 2.05) is 0 Å². The van der Waals surface area contributed by atoms with E-state index in [1.165, 1.54) is 38.9 Å². The predicted molar refractivity (Wildman–Crippen MR) is 55.3 cm³/mol. The van der Waals surface area contributed by atoms with Crippen molar-refractivity contribution in [3.63, 3.8) is 0 Å². The van der Waals surface area contributed by atoms with E-state index in [9.17, 15) is 0 Å². The molecular formula is C11H20N2O. The van der Waals surface area contributed by atoms with Crippen LogP contribution in [0.15, 0.2) is 0 Å². The van der Waals surface area contributed by atoms with Gasteiger partial charge in [0.15, 0.2) is 0 Å². The van der Waals surface area contributed by atoms with Gasteiger partial charge in [0.05, 0.1) is 6.61 Å². The van der Waals surface area contributed by atoms with Crippen LogP contribution in [-0.4, -0.2) is 49.8 Å². The van der Waals surface area contributed by atoms with Gasteiger partial charge in [0, 0.05) is 25.2 Å². The van der Waals surface area contributed by atoms with Crippen LogP contribution in [0.5, 0.6) is 0 Å². The first-order valence-corrected chi connectivity index (χ1v) is 5.99. The van der Waals surface area contributed by atoms with Crippen molar-refractivity contribution in [3.8, 4) is 0 Å². The molecule has 3 unspecified atom stereocenters. The van der Waals surface area contributed by atoms with E-state index in [0.717, 1.165) is 31.2 Å². The largest absolute Gasteiger partial charge is 0.380 e. The lowest BCUT2D eigenvalue weighted by Crippen LogP contribution is -2.50. The van der Waals surface area contributed by atoms with Crippen LogP contribution in [0.1, 0.15) is 19.3 Å². The number of rotatable bonds is 1. The summed E-state index contributed by atoms with van der Waals surface area (Å²) in [7, 11) is 0. The topological polar surface area (TPSA) is 24.5 Å². The third-order valence-corrected chi connectivity index (χ3v) is 4.10. The molecule has 3 aliphatic heterocycles. The standard InChI is InChI=1S/C11H20N2O/c1-2-9-6-12-7-11(9)13(4-1)10-3-5-14-8-10/h9-12H,1-8H2. The number of piperidine rings is 1. The lowest BCUT2D eigenvalue weighted by atomic mass is 9.90. The Morgan fingerprint density at radius 2 is 2.21 bits per heavy atom. The zero-order valence-corrected chi connectivity index (χ0v) is 8.74. The van der Waals surface area contributed by atoms with Crippen molar-refractivity contribution in [2.75, 3.05) is 32.8 Å². The summed E-state index contributed by atoms with van der Waals surface area (Å²) >= 11 is 0. The molecule has 3 fully saturated rings. The van der Waals surface area contributed by atoms with E-state index in [4.69, 9.17) is 4.74 Å². The summed E-state index contributed by atoms with van der Waals surface area (Å²) in [5.74, 6) is 0.921. The van der Waals surface area contributed by atoms with E-state index in [-0.39, 0.29) is 0 Å². The Hall–Kier alpha value is -0.120. The third kappa shape index (κ3) is 1.47. The van der Waals surface area contributed by atoms with Gasteiger partial charge >= 0.3 is 0 Å². The van der Waals surface area contributed by atoms with E-state index in [2.05, 4.69) is 10.2 Å². The van der Waals surface area contributed by atoms with Crippen LogP contribution in [-0.2, 0) is 4.74 Å². The molecule has 3 heterocycles. The molecule has 80 valence electrons. The first-order chi connectivity index (χ1) is 6.95. The Bertz CT molecular complexity index is 203. The zero-order valence-electron chi connectivity index (χ0n) is 8.74. The Kier molecular flexibility index (Phi) is 2.48. The quantitative estimate of drug-likeness (QED) is 0.659. The lowest BCUT2D eigenvalue weighted by molar-refractivity contribution is 0.0667. The van der Waals surface area contributed by atoms with Crippen molar-refractivity contribution in [1.29, 1.82) is 0 Å². The van der Waals surface area contributed by atoms with Crippen molar-refractivity contribution in [2.24, 2.45) is 5.92 Å². The zero-order chi connectivity index (χ0) is 9.38. The van der Waals surface area contributed by atoms with E-state index >= 15 is 0 Å². The maximum atomic E-state index is 5.50. The number of hydrogen-bond acceptors (Lipinski definition) is 3. The molecule has 3 nitrogen and oxygen atoms in total. The highest BCUT2D eigenvalue weighted by Gasteiger charge is 2.38. The Morgan fingerprint density at radius 3 is 3.07 bits per heavy atom. The SMILES string of the molecule is C1CC2CNCC2N(C2CCOC2)C1. The minimum atomic E-state index is 0.725. The molecule has 0 aromatic heterocycles.